The van der Waals surface area contributed by atoms with E-state index >= 15 is 0 Å². The smallest absolute Gasteiger partial charge is 0.243 e. The Morgan fingerprint density at radius 3 is 2.36 bits per heavy atom. The lowest BCUT2D eigenvalue weighted by Gasteiger charge is -2.22. The Morgan fingerprint density at radius 1 is 1.08 bits per heavy atom. The van der Waals surface area contributed by atoms with Gasteiger partial charge in [0, 0.05) is 25.2 Å². The minimum Gasteiger partial charge on any atom is -0.494 e. The second-order valence-electron chi connectivity index (χ2n) is 5.33. The number of rotatable bonds is 9. The van der Waals surface area contributed by atoms with E-state index in [-0.39, 0.29) is 18.0 Å². The Morgan fingerprint density at radius 2 is 1.76 bits per heavy atom. The molecular weight excluding hydrogens is 362 g/mol. The van der Waals surface area contributed by atoms with Crippen LogP contribution in [0.3, 0.4) is 0 Å². The van der Waals surface area contributed by atoms with Crippen molar-refractivity contribution in [2.75, 3.05) is 26.9 Å². The summed E-state index contributed by atoms with van der Waals surface area (Å²) in [4.78, 5) is 0.208. The van der Waals surface area contributed by atoms with Crippen molar-refractivity contribution in [3.05, 3.63) is 59.1 Å². The summed E-state index contributed by atoms with van der Waals surface area (Å²) in [6, 6.07) is 13.6. The van der Waals surface area contributed by atoms with E-state index in [4.69, 9.17) is 21.1 Å². The van der Waals surface area contributed by atoms with Crippen LogP contribution in [0.2, 0.25) is 5.02 Å². The average molecular weight is 384 g/mol. The fourth-order valence-electron chi connectivity index (χ4n) is 2.32. The van der Waals surface area contributed by atoms with Gasteiger partial charge in [0.15, 0.2) is 0 Å². The van der Waals surface area contributed by atoms with Crippen molar-refractivity contribution < 1.29 is 17.9 Å². The van der Waals surface area contributed by atoms with Crippen molar-refractivity contribution >= 4 is 21.6 Å². The van der Waals surface area contributed by atoms with Crippen LogP contribution in [-0.4, -0.2) is 39.6 Å². The lowest BCUT2D eigenvalue weighted by molar-refractivity contribution is 0.177. The van der Waals surface area contributed by atoms with Crippen LogP contribution in [0.4, 0.5) is 0 Å². The highest BCUT2D eigenvalue weighted by Gasteiger charge is 2.25. The first kappa shape index (κ1) is 19.7. The van der Waals surface area contributed by atoms with Crippen LogP contribution < -0.4 is 4.74 Å². The fraction of sp³-hybridized carbons (Fsp3) is 0.333. The van der Waals surface area contributed by atoms with Gasteiger partial charge >= 0.3 is 0 Å². The Hall–Kier alpha value is -1.60. The SMILES string of the molecule is CCOc1ccc(S(=O)(=O)N(CCOC)Cc2ccccc2Cl)cc1. The van der Waals surface area contributed by atoms with Crippen molar-refractivity contribution in [2.45, 2.75) is 18.4 Å². The van der Waals surface area contributed by atoms with Crippen LogP contribution in [0, 0.1) is 0 Å². The molecule has 2 aromatic rings. The lowest BCUT2D eigenvalue weighted by Crippen LogP contribution is -2.33. The van der Waals surface area contributed by atoms with E-state index in [1.807, 2.05) is 25.1 Å². The lowest BCUT2D eigenvalue weighted by atomic mass is 10.2. The topological polar surface area (TPSA) is 55.8 Å². The summed E-state index contributed by atoms with van der Waals surface area (Å²) < 4.78 is 37.8. The van der Waals surface area contributed by atoms with E-state index in [1.165, 1.54) is 11.4 Å². The van der Waals surface area contributed by atoms with Gasteiger partial charge in [0.2, 0.25) is 10.0 Å². The Bertz CT molecular complexity index is 778. The minimum absolute atomic E-state index is 0.179. The van der Waals surface area contributed by atoms with E-state index in [9.17, 15) is 8.42 Å². The van der Waals surface area contributed by atoms with Gasteiger partial charge in [-0.05, 0) is 42.8 Å². The maximum Gasteiger partial charge on any atom is 0.243 e. The highest BCUT2D eigenvalue weighted by atomic mass is 35.5. The molecule has 0 aliphatic carbocycles. The number of hydrogen-bond donors (Lipinski definition) is 0. The number of sulfonamides is 1. The number of benzene rings is 2. The van der Waals surface area contributed by atoms with Crippen LogP contribution in [0.1, 0.15) is 12.5 Å². The molecule has 2 aromatic carbocycles. The zero-order valence-corrected chi connectivity index (χ0v) is 15.9. The van der Waals surface area contributed by atoms with Crippen molar-refractivity contribution in [3.8, 4) is 5.75 Å². The van der Waals surface area contributed by atoms with Gasteiger partial charge in [-0.25, -0.2) is 8.42 Å². The van der Waals surface area contributed by atoms with Crippen LogP contribution >= 0.6 is 11.6 Å². The zero-order chi connectivity index (χ0) is 18.3. The molecule has 0 amide bonds. The Kier molecular flexibility index (Phi) is 7.25. The van der Waals surface area contributed by atoms with Gasteiger partial charge in [-0.15, -0.1) is 0 Å². The first-order valence-electron chi connectivity index (χ1n) is 7.94. The third-order valence-corrected chi connectivity index (χ3v) is 5.85. The molecule has 0 unspecified atom stereocenters. The highest BCUT2D eigenvalue weighted by Crippen LogP contribution is 2.23. The largest absolute Gasteiger partial charge is 0.494 e. The molecule has 0 saturated carbocycles. The molecule has 0 atom stereocenters. The van der Waals surface area contributed by atoms with E-state index < -0.39 is 10.0 Å². The van der Waals surface area contributed by atoms with Gasteiger partial charge in [0.05, 0.1) is 18.1 Å². The summed E-state index contributed by atoms with van der Waals surface area (Å²) in [5.41, 5.74) is 0.745. The van der Waals surface area contributed by atoms with Crippen molar-refractivity contribution in [1.29, 1.82) is 0 Å². The van der Waals surface area contributed by atoms with Gasteiger partial charge in [-0.1, -0.05) is 29.8 Å². The average Bonchev–Trinajstić information content (AvgIpc) is 2.60. The van der Waals surface area contributed by atoms with E-state index in [2.05, 4.69) is 0 Å². The zero-order valence-electron chi connectivity index (χ0n) is 14.3. The summed E-state index contributed by atoms with van der Waals surface area (Å²) in [7, 11) is -2.14. The number of nitrogens with zero attached hydrogens (tertiary/aromatic N) is 1. The Labute approximate surface area is 154 Å². The summed E-state index contributed by atoms with van der Waals surface area (Å²) in [6.07, 6.45) is 0. The minimum atomic E-state index is -3.68. The molecule has 0 radical (unpaired) electrons. The van der Waals surface area contributed by atoms with Gasteiger partial charge in [0.25, 0.3) is 0 Å². The number of methoxy groups -OCH3 is 1. The van der Waals surface area contributed by atoms with Crippen LogP contribution in [-0.2, 0) is 21.3 Å². The summed E-state index contributed by atoms with van der Waals surface area (Å²) in [5.74, 6) is 0.635. The van der Waals surface area contributed by atoms with Crippen LogP contribution in [0.15, 0.2) is 53.4 Å². The van der Waals surface area contributed by atoms with E-state index in [1.54, 1.807) is 30.3 Å². The molecule has 0 saturated heterocycles. The Balaban J connectivity index is 2.29. The molecule has 0 N–H and O–H groups in total. The normalized spacial score (nSPS) is 11.7. The monoisotopic (exact) mass is 383 g/mol. The summed E-state index contributed by atoms with van der Waals surface area (Å²) in [6.45, 7) is 3.11. The van der Waals surface area contributed by atoms with Crippen molar-refractivity contribution in [2.24, 2.45) is 0 Å². The first-order chi connectivity index (χ1) is 12.0. The molecule has 0 fully saturated rings. The van der Waals surface area contributed by atoms with Crippen LogP contribution in [0.5, 0.6) is 5.75 Å². The number of ether oxygens (including phenoxy) is 2. The van der Waals surface area contributed by atoms with E-state index in [0.717, 1.165) is 5.56 Å². The predicted molar refractivity (Wildman–Crippen MR) is 98.5 cm³/mol. The summed E-state index contributed by atoms with van der Waals surface area (Å²) >= 11 is 6.18. The molecule has 0 spiro atoms. The maximum atomic E-state index is 13.0. The number of halogens is 1. The third kappa shape index (κ3) is 5.19. The van der Waals surface area contributed by atoms with Gasteiger partial charge in [-0.2, -0.15) is 4.31 Å². The van der Waals surface area contributed by atoms with Gasteiger partial charge in [0.1, 0.15) is 5.75 Å². The quantitative estimate of drug-likeness (QED) is 0.664. The fourth-order valence-corrected chi connectivity index (χ4v) is 3.92. The molecule has 136 valence electrons. The molecule has 0 aliphatic rings. The molecule has 25 heavy (non-hydrogen) atoms. The molecule has 5 nitrogen and oxygen atoms in total. The highest BCUT2D eigenvalue weighted by molar-refractivity contribution is 7.89. The maximum absolute atomic E-state index is 13.0. The summed E-state index contributed by atoms with van der Waals surface area (Å²) in [5, 5.41) is 0.534. The molecule has 0 aromatic heterocycles. The molecule has 0 bridgehead atoms. The van der Waals surface area contributed by atoms with Gasteiger partial charge < -0.3 is 9.47 Å². The second kappa shape index (κ2) is 9.20. The van der Waals surface area contributed by atoms with Crippen molar-refractivity contribution in [1.82, 2.24) is 4.31 Å². The van der Waals surface area contributed by atoms with E-state index in [0.29, 0.717) is 24.0 Å². The molecule has 0 heterocycles. The predicted octanol–water partition coefficient (Wildman–Crippen LogP) is 3.58. The van der Waals surface area contributed by atoms with Crippen molar-refractivity contribution in [3.63, 3.8) is 0 Å². The standard InChI is InChI=1S/C18H22ClNO4S/c1-3-24-16-8-10-17(11-9-16)25(21,22)20(12-13-23-2)14-15-6-4-5-7-18(15)19/h4-11H,3,12-14H2,1-2H3. The first-order valence-corrected chi connectivity index (χ1v) is 9.76. The third-order valence-electron chi connectivity index (χ3n) is 3.62. The van der Waals surface area contributed by atoms with Gasteiger partial charge in [-0.3, -0.25) is 0 Å². The molecule has 7 heteroatoms. The number of hydrogen-bond acceptors (Lipinski definition) is 4. The molecular formula is C18H22ClNO4S. The molecule has 0 aliphatic heterocycles. The molecule has 2 rings (SSSR count). The van der Waals surface area contributed by atoms with Crippen LogP contribution in [0.25, 0.3) is 0 Å². The second-order valence-corrected chi connectivity index (χ2v) is 7.67.